The third-order valence-corrected chi connectivity index (χ3v) is 11.6. The SMILES string of the molecule is CCCCCCCCCCCCCCCCC/C=C/CC/C=C/C(O)C(COC1OC(CO)C(OC2OC(CO)C(O)C(O)C2O)C(O)C1O)NC(=O)CCCCCCC. The summed E-state index contributed by atoms with van der Waals surface area (Å²) in [6.45, 7) is 2.65. The highest BCUT2D eigenvalue weighted by Crippen LogP contribution is 2.30. The number of nitrogens with one attached hydrogen (secondary N) is 1. The van der Waals surface area contributed by atoms with Gasteiger partial charge in [0.15, 0.2) is 12.6 Å². The lowest BCUT2D eigenvalue weighted by molar-refractivity contribution is -0.359. The fraction of sp³-hybridized carbons (Fsp3) is 0.891. The van der Waals surface area contributed by atoms with Gasteiger partial charge < -0.3 is 65.1 Å². The van der Waals surface area contributed by atoms with Crippen molar-refractivity contribution in [2.24, 2.45) is 0 Å². The maximum absolute atomic E-state index is 12.9. The van der Waals surface area contributed by atoms with Gasteiger partial charge in [0.1, 0.15) is 48.8 Å². The van der Waals surface area contributed by atoms with Crippen LogP contribution in [-0.2, 0) is 23.7 Å². The molecule has 14 heteroatoms. The Labute approximate surface area is 360 Å². The summed E-state index contributed by atoms with van der Waals surface area (Å²) in [5.41, 5.74) is 0. The Morgan fingerprint density at radius 2 is 1.07 bits per heavy atom. The first-order valence-electron chi connectivity index (χ1n) is 23.6. The second-order valence-electron chi connectivity index (χ2n) is 16.9. The molecule has 0 spiro atoms. The summed E-state index contributed by atoms with van der Waals surface area (Å²) >= 11 is 0. The molecule has 0 aromatic carbocycles. The zero-order valence-corrected chi connectivity index (χ0v) is 36.9. The topological polar surface area (TPSA) is 228 Å². The minimum Gasteiger partial charge on any atom is -0.394 e. The number of aliphatic hydroxyl groups excluding tert-OH is 8. The molecule has 14 nitrogen and oxygen atoms in total. The molecule has 2 aliphatic heterocycles. The molecule has 9 N–H and O–H groups in total. The van der Waals surface area contributed by atoms with Crippen LogP contribution in [0.4, 0.5) is 0 Å². The third kappa shape index (κ3) is 21.7. The van der Waals surface area contributed by atoms with Crippen molar-refractivity contribution in [1.29, 1.82) is 0 Å². The molecular weight excluding hydrogens is 775 g/mol. The van der Waals surface area contributed by atoms with Gasteiger partial charge in [0, 0.05) is 6.42 Å². The molecule has 352 valence electrons. The number of amides is 1. The van der Waals surface area contributed by atoms with Crippen LogP contribution in [0.5, 0.6) is 0 Å². The Kier molecular flexibility index (Phi) is 30.9. The van der Waals surface area contributed by atoms with Crippen LogP contribution in [0.25, 0.3) is 0 Å². The van der Waals surface area contributed by atoms with Gasteiger partial charge in [-0.25, -0.2) is 0 Å². The van der Waals surface area contributed by atoms with Gasteiger partial charge in [0.2, 0.25) is 5.91 Å². The highest BCUT2D eigenvalue weighted by atomic mass is 16.7. The summed E-state index contributed by atoms with van der Waals surface area (Å²) in [6.07, 6.45) is 18.6. The first-order valence-corrected chi connectivity index (χ1v) is 23.6. The standard InChI is InChI=1S/C46H85NO13/c1-3-5-7-9-10-11-12-13-14-15-16-17-18-19-20-21-22-23-24-26-27-29-35(50)34(47-38(51)30-28-25-8-6-4-2)33-57-45-43(56)41(54)44(37(32-49)59-45)60-46-42(55)40(53)39(52)36(31-48)58-46/h22-23,27,29,34-37,39-46,48-50,52-56H,3-21,24-26,28,30-33H2,1-2H3,(H,47,51)/b23-22+,29-27+. The number of ether oxygens (including phenoxy) is 4. The van der Waals surface area contributed by atoms with Crippen LogP contribution in [0.1, 0.15) is 168 Å². The summed E-state index contributed by atoms with van der Waals surface area (Å²) < 4.78 is 22.5. The largest absolute Gasteiger partial charge is 0.394 e. The minimum atomic E-state index is -1.79. The Hall–Kier alpha value is -1.53. The van der Waals surface area contributed by atoms with Crippen LogP contribution in [-0.4, -0.2) is 140 Å². The molecule has 0 aliphatic carbocycles. The van der Waals surface area contributed by atoms with Gasteiger partial charge in [0.25, 0.3) is 0 Å². The zero-order chi connectivity index (χ0) is 44.0. The zero-order valence-electron chi connectivity index (χ0n) is 36.9. The van der Waals surface area contributed by atoms with Gasteiger partial charge in [-0.3, -0.25) is 4.79 Å². The molecule has 12 unspecified atom stereocenters. The van der Waals surface area contributed by atoms with Gasteiger partial charge >= 0.3 is 0 Å². The maximum Gasteiger partial charge on any atom is 0.220 e. The molecule has 0 radical (unpaired) electrons. The molecule has 2 aliphatic rings. The molecule has 0 saturated carbocycles. The molecular formula is C46H85NO13. The molecule has 1 amide bonds. The Morgan fingerprint density at radius 1 is 0.583 bits per heavy atom. The number of aliphatic hydroxyl groups is 8. The monoisotopic (exact) mass is 860 g/mol. The molecule has 0 aromatic rings. The van der Waals surface area contributed by atoms with E-state index in [2.05, 4.69) is 31.3 Å². The van der Waals surface area contributed by atoms with Crippen molar-refractivity contribution in [3.8, 4) is 0 Å². The minimum absolute atomic E-state index is 0.263. The maximum atomic E-state index is 12.9. The van der Waals surface area contributed by atoms with Crippen LogP contribution in [0, 0.1) is 0 Å². The van der Waals surface area contributed by atoms with Crippen LogP contribution >= 0.6 is 0 Å². The molecule has 2 saturated heterocycles. The Bertz CT molecular complexity index is 1110. The van der Waals surface area contributed by atoms with E-state index in [9.17, 15) is 45.6 Å². The lowest BCUT2D eigenvalue weighted by Crippen LogP contribution is -2.65. The van der Waals surface area contributed by atoms with Gasteiger partial charge in [-0.2, -0.15) is 0 Å². The van der Waals surface area contributed by atoms with Gasteiger partial charge in [-0.1, -0.05) is 154 Å². The third-order valence-electron chi connectivity index (χ3n) is 11.6. The molecule has 12 atom stereocenters. The normalized spacial score (nSPS) is 28.4. The van der Waals surface area contributed by atoms with E-state index in [1.165, 1.54) is 96.3 Å². The van der Waals surface area contributed by atoms with E-state index < -0.39 is 86.8 Å². The van der Waals surface area contributed by atoms with E-state index >= 15 is 0 Å². The highest BCUT2D eigenvalue weighted by Gasteiger charge is 2.50. The van der Waals surface area contributed by atoms with Gasteiger partial charge in [0.05, 0.1) is 32.0 Å². The molecule has 60 heavy (non-hydrogen) atoms. The number of allylic oxidation sites excluding steroid dienone is 3. The lowest BCUT2D eigenvalue weighted by atomic mass is 9.97. The molecule has 2 heterocycles. The van der Waals surface area contributed by atoms with Crippen LogP contribution in [0.15, 0.2) is 24.3 Å². The molecule has 0 bridgehead atoms. The number of hydrogen-bond acceptors (Lipinski definition) is 13. The number of unbranched alkanes of at least 4 members (excludes halogenated alkanes) is 20. The summed E-state index contributed by atoms with van der Waals surface area (Å²) in [7, 11) is 0. The van der Waals surface area contributed by atoms with E-state index in [1.54, 1.807) is 6.08 Å². The fourth-order valence-corrected chi connectivity index (χ4v) is 7.72. The molecule has 2 rings (SSSR count). The van der Waals surface area contributed by atoms with Crippen molar-refractivity contribution in [2.75, 3.05) is 19.8 Å². The fourth-order valence-electron chi connectivity index (χ4n) is 7.72. The lowest BCUT2D eigenvalue weighted by Gasteiger charge is -2.46. The smallest absolute Gasteiger partial charge is 0.220 e. The number of carbonyl (C=O) groups excluding carboxylic acids is 1. The number of rotatable bonds is 35. The second kappa shape index (κ2) is 34.0. The van der Waals surface area contributed by atoms with Crippen molar-refractivity contribution in [2.45, 2.75) is 242 Å². The summed E-state index contributed by atoms with van der Waals surface area (Å²) in [6, 6.07) is -0.923. The van der Waals surface area contributed by atoms with E-state index in [-0.39, 0.29) is 18.9 Å². The number of hydrogen-bond donors (Lipinski definition) is 9. The van der Waals surface area contributed by atoms with E-state index in [0.717, 1.165) is 38.5 Å². The molecule has 0 aromatic heterocycles. The second-order valence-corrected chi connectivity index (χ2v) is 16.9. The predicted molar refractivity (Wildman–Crippen MR) is 231 cm³/mol. The number of carbonyl (C=O) groups is 1. The predicted octanol–water partition coefficient (Wildman–Crippen LogP) is 4.99. The van der Waals surface area contributed by atoms with Crippen molar-refractivity contribution in [1.82, 2.24) is 5.32 Å². The summed E-state index contributed by atoms with van der Waals surface area (Å²) in [5.74, 6) is -0.263. The van der Waals surface area contributed by atoms with Crippen molar-refractivity contribution >= 4 is 5.91 Å². The van der Waals surface area contributed by atoms with Crippen molar-refractivity contribution in [3.63, 3.8) is 0 Å². The Balaban J connectivity index is 1.79. The van der Waals surface area contributed by atoms with Crippen molar-refractivity contribution < 1.29 is 64.6 Å². The first-order chi connectivity index (χ1) is 29.1. The quantitative estimate of drug-likeness (QED) is 0.0303. The van der Waals surface area contributed by atoms with Crippen LogP contribution < -0.4 is 5.32 Å². The first kappa shape index (κ1) is 54.6. The van der Waals surface area contributed by atoms with Crippen LogP contribution in [0.2, 0.25) is 0 Å². The van der Waals surface area contributed by atoms with Gasteiger partial charge in [-0.15, -0.1) is 0 Å². The Morgan fingerprint density at radius 3 is 1.63 bits per heavy atom. The van der Waals surface area contributed by atoms with Gasteiger partial charge in [-0.05, 0) is 32.1 Å². The van der Waals surface area contributed by atoms with Crippen LogP contribution in [0.3, 0.4) is 0 Å². The molecule has 2 fully saturated rings. The average Bonchev–Trinajstić information content (AvgIpc) is 3.24. The van der Waals surface area contributed by atoms with E-state index in [1.807, 2.05) is 6.08 Å². The van der Waals surface area contributed by atoms with E-state index in [4.69, 9.17) is 18.9 Å². The van der Waals surface area contributed by atoms with Crippen molar-refractivity contribution in [3.05, 3.63) is 24.3 Å². The summed E-state index contributed by atoms with van der Waals surface area (Å²) in [4.78, 5) is 12.9. The highest BCUT2D eigenvalue weighted by molar-refractivity contribution is 5.76. The summed E-state index contributed by atoms with van der Waals surface area (Å²) in [5, 5.41) is 86.1. The van der Waals surface area contributed by atoms with E-state index in [0.29, 0.717) is 12.8 Å². The average molecular weight is 860 g/mol.